The molecule has 98 valence electrons. The maximum atomic E-state index is 5.33. The zero-order chi connectivity index (χ0) is 13.1. The topological polar surface area (TPSA) is 65.5 Å². The van der Waals surface area contributed by atoms with E-state index in [0.717, 1.165) is 17.1 Å². The fourth-order valence-corrected chi connectivity index (χ4v) is 1.79. The van der Waals surface area contributed by atoms with E-state index in [4.69, 9.17) is 14.2 Å². The molecule has 0 saturated heterocycles. The standard InChI is InChI=1S/C13H13N3O3/c1-17-13-5-12(15-7-16-13)14-6-9-2-3-10-11(4-9)19-8-18-10/h2-5,7H,6,8H2,1H3,(H,14,15,16). The number of hydrogen-bond acceptors (Lipinski definition) is 6. The summed E-state index contributed by atoms with van der Waals surface area (Å²) in [6, 6.07) is 7.58. The highest BCUT2D eigenvalue weighted by atomic mass is 16.7. The van der Waals surface area contributed by atoms with Crippen LogP contribution in [0.15, 0.2) is 30.6 Å². The smallest absolute Gasteiger partial charge is 0.231 e. The second-order valence-electron chi connectivity index (χ2n) is 3.99. The molecule has 0 bridgehead atoms. The molecule has 1 aliphatic rings. The average molecular weight is 259 g/mol. The van der Waals surface area contributed by atoms with Gasteiger partial charge >= 0.3 is 0 Å². The number of rotatable bonds is 4. The number of nitrogens with one attached hydrogen (secondary N) is 1. The first kappa shape index (κ1) is 11.6. The molecule has 1 N–H and O–H groups in total. The molecular formula is C13H13N3O3. The Bertz CT molecular complexity index is 589. The van der Waals surface area contributed by atoms with Crippen molar-refractivity contribution in [3.05, 3.63) is 36.2 Å². The highest BCUT2D eigenvalue weighted by Crippen LogP contribution is 2.32. The number of anilines is 1. The molecule has 0 fully saturated rings. The summed E-state index contributed by atoms with van der Waals surface area (Å²) in [7, 11) is 1.57. The minimum absolute atomic E-state index is 0.287. The van der Waals surface area contributed by atoms with Crippen LogP contribution in [0.3, 0.4) is 0 Å². The minimum Gasteiger partial charge on any atom is -0.481 e. The molecule has 3 rings (SSSR count). The molecule has 0 atom stereocenters. The first-order valence-electron chi connectivity index (χ1n) is 5.83. The van der Waals surface area contributed by atoms with Crippen LogP contribution in [-0.2, 0) is 6.54 Å². The Labute approximate surface area is 110 Å². The molecule has 6 heteroatoms. The second kappa shape index (κ2) is 5.01. The lowest BCUT2D eigenvalue weighted by Crippen LogP contribution is -2.02. The van der Waals surface area contributed by atoms with Gasteiger partial charge in [0.2, 0.25) is 12.7 Å². The van der Waals surface area contributed by atoms with Crippen LogP contribution in [0.4, 0.5) is 5.82 Å². The molecule has 19 heavy (non-hydrogen) atoms. The van der Waals surface area contributed by atoms with E-state index in [1.807, 2.05) is 18.2 Å². The van der Waals surface area contributed by atoms with Crippen molar-refractivity contribution >= 4 is 5.82 Å². The average Bonchev–Trinajstić information content (AvgIpc) is 2.93. The van der Waals surface area contributed by atoms with Crippen molar-refractivity contribution in [2.45, 2.75) is 6.54 Å². The lowest BCUT2D eigenvalue weighted by atomic mass is 10.2. The largest absolute Gasteiger partial charge is 0.481 e. The molecule has 2 heterocycles. The van der Waals surface area contributed by atoms with Crippen LogP contribution in [0, 0.1) is 0 Å². The maximum Gasteiger partial charge on any atom is 0.231 e. The summed E-state index contributed by atoms with van der Waals surface area (Å²) < 4.78 is 15.6. The number of aromatic nitrogens is 2. The van der Waals surface area contributed by atoms with Crippen LogP contribution in [-0.4, -0.2) is 23.9 Å². The van der Waals surface area contributed by atoms with Gasteiger partial charge in [-0.1, -0.05) is 6.07 Å². The van der Waals surface area contributed by atoms with Crippen molar-refractivity contribution in [3.8, 4) is 17.4 Å². The van der Waals surface area contributed by atoms with Gasteiger partial charge in [-0.15, -0.1) is 0 Å². The van der Waals surface area contributed by atoms with Crippen LogP contribution >= 0.6 is 0 Å². The van der Waals surface area contributed by atoms with Gasteiger partial charge in [0, 0.05) is 12.6 Å². The van der Waals surface area contributed by atoms with Crippen LogP contribution in [0.5, 0.6) is 17.4 Å². The highest BCUT2D eigenvalue weighted by Gasteiger charge is 2.12. The molecule has 0 spiro atoms. The molecule has 0 radical (unpaired) electrons. The third kappa shape index (κ3) is 2.52. The van der Waals surface area contributed by atoms with E-state index >= 15 is 0 Å². The summed E-state index contributed by atoms with van der Waals surface area (Å²) in [6.45, 7) is 0.923. The number of methoxy groups -OCH3 is 1. The quantitative estimate of drug-likeness (QED) is 0.903. The van der Waals surface area contributed by atoms with Crippen molar-refractivity contribution < 1.29 is 14.2 Å². The third-order valence-corrected chi connectivity index (χ3v) is 2.76. The van der Waals surface area contributed by atoms with Gasteiger partial charge in [0.05, 0.1) is 7.11 Å². The summed E-state index contributed by atoms with van der Waals surface area (Å²) in [5, 5.41) is 3.20. The van der Waals surface area contributed by atoms with E-state index in [2.05, 4.69) is 15.3 Å². The first-order chi connectivity index (χ1) is 9.35. The molecule has 0 amide bonds. The zero-order valence-electron chi connectivity index (χ0n) is 10.4. The summed E-state index contributed by atoms with van der Waals surface area (Å²) in [4.78, 5) is 8.07. The van der Waals surface area contributed by atoms with Gasteiger partial charge in [-0.05, 0) is 17.7 Å². The molecule has 0 saturated carbocycles. The Balaban J connectivity index is 1.68. The first-order valence-corrected chi connectivity index (χ1v) is 5.83. The summed E-state index contributed by atoms with van der Waals surface area (Å²) >= 11 is 0. The van der Waals surface area contributed by atoms with Gasteiger partial charge in [0.15, 0.2) is 11.5 Å². The molecule has 1 aliphatic heterocycles. The molecule has 6 nitrogen and oxygen atoms in total. The van der Waals surface area contributed by atoms with Crippen molar-refractivity contribution in [1.29, 1.82) is 0 Å². The van der Waals surface area contributed by atoms with Crippen molar-refractivity contribution in [3.63, 3.8) is 0 Å². The van der Waals surface area contributed by atoms with Gasteiger partial charge in [-0.25, -0.2) is 9.97 Å². The molecule has 0 unspecified atom stereocenters. The van der Waals surface area contributed by atoms with E-state index < -0.39 is 0 Å². The number of ether oxygens (including phenoxy) is 3. The second-order valence-corrected chi connectivity index (χ2v) is 3.99. The van der Waals surface area contributed by atoms with Crippen molar-refractivity contribution in [1.82, 2.24) is 9.97 Å². The molecule has 2 aromatic rings. The van der Waals surface area contributed by atoms with E-state index in [0.29, 0.717) is 18.2 Å². The lowest BCUT2D eigenvalue weighted by Gasteiger charge is -2.07. The molecule has 0 aliphatic carbocycles. The summed E-state index contributed by atoms with van der Waals surface area (Å²) in [5.41, 5.74) is 1.09. The number of benzene rings is 1. The number of hydrogen-bond donors (Lipinski definition) is 1. The molecule has 1 aromatic carbocycles. The van der Waals surface area contributed by atoms with Gasteiger partial charge in [0.25, 0.3) is 0 Å². The summed E-state index contributed by atoms with van der Waals surface area (Å²) in [6.07, 6.45) is 1.46. The fraction of sp³-hybridized carbons (Fsp3) is 0.231. The Morgan fingerprint density at radius 2 is 2.11 bits per heavy atom. The Hall–Kier alpha value is -2.50. The predicted octanol–water partition coefficient (Wildman–Crippen LogP) is 1.83. The van der Waals surface area contributed by atoms with Crippen LogP contribution in [0.25, 0.3) is 0 Å². The number of nitrogens with zero attached hydrogens (tertiary/aromatic N) is 2. The summed E-state index contributed by atoms with van der Waals surface area (Å²) in [5.74, 6) is 2.81. The Kier molecular flexibility index (Phi) is 3.06. The predicted molar refractivity (Wildman–Crippen MR) is 68.5 cm³/mol. The normalized spacial score (nSPS) is 12.3. The van der Waals surface area contributed by atoms with E-state index in [1.54, 1.807) is 13.2 Å². The zero-order valence-corrected chi connectivity index (χ0v) is 10.4. The SMILES string of the molecule is COc1cc(NCc2ccc3c(c2)OCO3)ncn1. The van der Waals surface area contributed by atoms with E-state index in [9.17, 15) is 0 Å². The Morgan fingerprint density at radius 1 is 1.21 bits per heavy atom. The van der Waals surface area contributed by atoms with Gasteiger partial charge in [-0.2, -0.15) is 0 Å². The van der Waals surface area contributed by atoms with Crippen LogP contribution in [0.2, 0.25) is 0 Å². The van der Waals surface area contributed by atoms with Gasteiger partial charge in [0.1, 0.15) is 12.1 Å². The third-order valence-electron chi connectivity index (χ3n) is 2.76. The maximum absolute atomic E-state index is 5.33. The van der Waals surface area contributed by atoms with Crippen LogP contribution in [0.1, 0.15) is 5.56 Å². The van der Waals surface area contributed by atoms with E-state index in [1.165, 1.54) is 6.33 Å². The molecular weight excluding hydrogens is 246 g/mol. The lowest BCUT2D eigenvalue weighted by molar-refractivity contribution is 0.174. The monoisotopic (exact) mass is 259 g/mol. The fourth-order valence-electron chi connectivity index (χ4n) is 1.79. The minimum atomic E-state index is 0.287. The Morgan fingerprint density at radius 3 is 3.00 bits per heavy atom. The number of fused-ring (bicyclic) bond motifs is 1. The molecule has 1 aromatic heterocycles. The van der Waals surface area contributed by atoms with Gasteiger partial charge in [-0.3, -0.25) is 0 Å². The van der Waals surface area contributed by atoms with Gasteiger partial charge < -0.3 is 19.5 Å². The van der Waals surface area contributed by atoms with Crippen molar-refractivity contribution in [2.75, 3.05) is 19.2 Å². The highest BCUT2D eigenvalue weighted by molar-refractivity contribution is 5.46. The van der Waals surface area contributed by atoms with Crippen LogP contribution < -0.4 is 19.5 Å². The van der Waals surface area contributed by atoms with Crippen molar-refractivity contribution in [2.24, 2.45) is 0 Å². The van der Waals surface area contributed by atoms with E-state index in [-0.39, 0.29) is 6.79 Å².